The fraction of sp³-hybridized carbons (Fsp3) is 0.360. The summed E-state index contributed by atoms with van der Waals surface area (Å²) in [6.45, 7) is 3.58. The predicted octanol–water partition coefficient (Wildman–Crippen LogP) is 4.52. The molecule has 0 spiro atoms. The second-order valence-electron chi connectivity index (χ2n) is 8.80. The molecule has 0 saturated carbocycles. The lowest BCUT2D eigenvalue weighted by atomic mass is 10.0. The normalized spacial score (nSPS) is 18.3. The van der Waals surface area contributed by atoms with Gasteiger partial charge >= 0.3 is 0 Å². The van der Waals surface area contributed by atoms with Gasteiger partial charge in [-0.1, -0.05) is 39.3 Å². The molecule has 2 aliphatic rings. The zero-order valence-corrected chi connectivity index (χ0v) is 20.5. The van der Waals surface area contributed by atoms with Crippen molar-refractivity contribution in [2.24, 2.45) is 10.1 Å². The lowest BCUT2D eigenvalue weighted by molar-refractivity contribution is 0.0849. The molecule has 1 aromatic heterocycles. The zero-order chi connectivity index (χ0) is 22.9. The largest absolute Gasteiger partial charge is 0.494 e. The summed E-state index contributed by atoms with van der Waals surface area (Å²) >= 11 is 3.53. The number of hydrogen-bond donors (Lipinski definition) is 2. The van der Waals surface area contributed by atoms with Crippen LogP contribution in [0.2, 0.25) is 0 Å². The number of fused-ring (bicyclic) bond motifs is 2. The molecule has 0 bridgehead atoms. The number of benzene rings is 2. The molecule has 0 atom stereocenters. The maximum atomic E-state index is 10.7. The molecule has 8 heteroatoms. The van der Waals surface area contributed by atoms with Crippen LogP contribution in [0.15, 0.2) is 57.1 Å². The Hall–Kier alpha value is -2.68. The average molecular weight is 510 g/mol. The molecule has 2 aliphatic heterocycles. The highest BCUT2D eigenvalue weighted by molar-refractivity contribution is 9.10. The van der Waals surface area contributed by atoms with Crippen molar-refractivity contribution < 1.29 is 9.94 Å². The molecule has 3 aromatic rings. The Labute approximate surface area is 201 Å². The van der Waals surface area contributed by atoms with E-state index < -0.39 is 0 Å². The second-order valence-corrected chi connectivity index (χ2v) is 9.72. The van der Waals surface area contributed by atoms with Gasteiger partial charge in [-0.15, -0.1) is 0 Å². The Morgan fingerprint density at radius 1 is 1.24 bits per heavy atom. The van der Waals surface area contributed by atoms with E-state index in [2.05, 4.69) is 50.0 Å². The Morgan fingerprint density at radius 2 is 2.03 bits per heavy atom. The monoisotopic (exact) mass is 509 g/mol. The quantitative estimate of drug-likeness (QED) is 0.378. The predicted molar refractivity (Wildman–Crippen MR) is 136 cm³/mol. The smallest absolute Gasteiger partial charge is 0.199 e. The van der Waals surface area contributed by atoms with Gasteiger partial charge in [0, 0.05) is 33.5 Å². The van der Waals surface area contributed by atoms with Crippen molar-refractivity contribution in [2.45, 2.75) is 18.9 Å². The maximum Gasteiger partial charge on any atom is 0.199 e. The number of nitrogens with one attached hydrogen (secondary N) is 1. The summed E-state index contributed by atoms with van der Waals surface area (Å²) < 4.78 is 0.929. The van der Waals surface area contributed by atoms with Crippen LogP contribution in [-0.2, 0) is 4.84 Å². The van der Waals surface area contributed by atoms with Crippen LogP contribution in [0.3, 0.4) is 0 Å². The van der Waals surface area contributed by atoms with Gasteiger partial charge in [-0.05, 0) is 64.3 Å². The number of piperidine rings is 1. The van der Waals surface area contributed by atoms with Crippen molar-refractivity contribution in [1.29, 1.82) is 0 Å². The van der Waals surface area contributed by atoms with E-state index in [4.69, 9.17) is 9.83 Å². The fourth-order valence-corrected chi connectivity index (χ4v) is 5.00. The van der Waals surface area contributed by atoms with Crippen LogP contribution in [0.4, 0.5) is 5.69 Å². The molecule has 3 heterocycles. The molecule has 33 heavy (non-hydrogen) atoms. The molecule has 2 aromatic carbocycles. The highest BCUT2D eigenvalue weighted by Gasteiger charge is 2.29. The summed E-state index contributed by atoms with van der Waals surface area (Å²) in [5.74, 6) is 0.0735. The standard InChI is InChI=1S/C25H28BrN5O2/c1-30-11-9-17(10-12-30)31(2)13-14-33-29-23-18-5-3-4-6-20(18)27-24(23)22-19-15-16(26)7-8-21(19)28-25(22)32/h3-8,15,17,28,32H,9-14H2,1-2H3. The summed E-state index contributed by atoms with van der Waals surface area (Å²) in [5.41, 5.74) is 4.45. The van der Waals surface area contributed by atoms with Crippen molar-refractivity contribution in [3.05, 3.63) is 58.1 Å². The highest BCUT2D eigenvalue weighted by Crippen LogP contribution is 2.36. The van der Waals surface area contributed by atoms with Crippen molar-refractivity contribution in [3.63, 3.8) is 0 Å². The third-order valence-corrected chi connectivity index (χ3v) is 7.09. The lowest BCUT2D eigenvalue weighted by Gasteiger charge is -2.34. The molecule has 1 saturated heterocycles. The molecule has 0 radical (unpaired) electrons. The number of oxime groups is 1. The van der Waals surface area contributed by atoms with E-state index in [0.717, 1.165) is 46.3 Å². The SMILES string of the molecule is CN1CCC(N(C)CCON=C2C(c3c(O)[nH]c4ccc(Br)cc34)=Nc3ccccc32)CC1. The number of likely N-dealkylation sites (tertiary alicyclic amines) is 1. The number of hydrogen-bond acceptors (Lipinski definition) is 6. The molecular weight excluding hydrogens is 482 g/mol. The van der Waals surface area contributed by atoms with Crippen molar-refractivity contribution in [1.82, 2.24) is 14.8 Å². The van der Waals surface area contributed by atoms with Gasteiger partial charge in [-0.3, -0.25) is 4.90 Å². The molecule has 7 nitrogen and oxygen atoms in total. The Balaban J connectivity index is 1.38. The third-order valence-electron chi connectivity index (χ3n) is 6.60. The number of rotatable bonds is 6. The van der Waals surface area contributed by atoms with Crippen LogP contribution in [0.1, 0.15) is 24.0 Å². The molecular formula is C25H28BrN5O2. The van der Waals surface area contributed by atoms with Crippen LogP contribution in [-0.4, -0.2) is 77.7 Å². The Kier molecular flexibility index (Phi) is 6.23. The number of likely N-dealkylation sites (N-methyl/N-ethyl adjacent to an activating group) is 1. The fourth-order valence-electron chi connectivity index (χ4n) is 4.64. The summed E-state index contributed by atoms with van der Waals surface area (Å²) in [4.78, 5) is 18.4. The first-order chi connectivity index (χ1) is 16.0. The second kappa shape index (κ2) is 9.29. The molecule has 0 unspecified atom stereocenters. The number of aromatic nitrogens is 1. The van der Waals surface area contributed by atoms with Crippen molar-refractivity contribution >= 4 is 43.9 Å². The molecule has 1 fully saturated rings. The molecule has 2 N–H and O–H groups in total. The number of H-pyrrole nitrogens is 1. The lowest BCUT2D eigenvalue weighted by Crippen LogP contribution is -2.42. The van der Waals surface area contributed by atoms with E-state index >= 15 is 0 Å². The number of aromatic amines is 1. The van der Waals surface area contributed by atoms with Gasteiger partial charge < -0.3 is 19.8 Å². The summed E-state index contributed by atoms with van der Waals surface area (Å²) in [7, 11) is 4.34. The van der Waals surface area contributed by atoms with E-state index in [1.807, 2.05) is 42.5 Å². The number of halogens is 1. The number of aliphatic imine (C=N–C) groups is 1. The van der Waals surface area contributed by atoms with Gasteiger partial charge in [0.25, 0.3) is 0 Å². The van der Waals surface area contributed by atoms with Crippen molar-refractivity contribution in [3.8, 4) is 5.88 Å². The van der Waals surface area contributed by atoms with E-state index in [1.165, 1.54) is 12.8 Å². The van der Waals surface area contributed by atoms with Crippen LogP contribution >= 0.6 is 15.9 Å². The van der Waals surface area contributed by atoms with Crippen LogP contribution < -0.4 is 0 Å². The highest BCUT2D eigenvalue weighted by atomic mass is 79.9. The third kappa shape index (κ3) is 4.43. The van der Waals surface area contributed by atoms with Crippen LogP contribution in [0.5, 0.6) is 5.88 Å². The molecule has 5 rings (SSSR count). The van der Waals surface area contributed by atoms with Crippen LogP contribution in [0.25, 0.3) is 10.9 Å². The van der Waals surface area contributed by atoms with Crippen LogP contribution in [0, 0.1) is 0 Å². The van der Waals surface area contributed by atoms with Gasteiger partial charge in [0.1, 0.15) is 18.0 Å². The molecule has 0 aliphatic carbocycles. The van der Waals surface area contributed by atoms with Gasteiger partial charge in [-0.25, -0.2) is 4.99 Å². The van der Waals surface area contributed by atoms with Crippen molar-refractivity contribution in [2.75, 3.05) is 40.3 Å². The minimum absolute atomic E-state index is 0.0735. The van der Waals surface area contributed by atoms with Gasteiger partial charge in [0.05, 0.1) is 11.3 Å². The first-order valence-electron chi connectivity index (χ1n) is 11.3. The minimum atomic E-state index is 0.0735. The first-order valence-corrected chi connectivity index (χ1v) is 12.1. The average Bonchev–Trinajstić information content (AvgIpc) is 3.33. The molecule has 172 valence electrons. The van der Waals surface area contributed by atoms with E-state index in [9.17, 15) is 5.11 Å². The number of aromatic hydroxyl groups is 1. The van der Waals surface area contributed by atoms with Gasteiger partial charge in [-0.2, -0.15) is 0 Å². The summed E-state index contributed by atoms with van der Waals surface area (Å²) in [6.07, 6.45) is 2.36. The number of nitrogens with zero attached hydrogens (tertiary/aromatic N) is 4. The minimum Gasteiger partial charge on any atom is -0.494 e. The van der Waals surface area contributed by atoms with Gasteiger partial charge in [0.15, 0.2) is 5.88 Å². The first kappa shape index (κ1) is 22.1. The summed E-state index contributed by atoms with van der Waals surface area (Å²) in [6, 6.07) is 14.3. The Morgan fingerprint density at radius 3 is 2.85 bits per heavy atom. The number of para-hydroxylation sites is 1. The topological polar surface area (TPSA) is 76.5 Å². The molecule has 0 amide bonds. The van der Waals surface area contributed by atoms with E-state index in [-0.39, 0.29) is 5.88 Å². The van der Waals surface area contributed by atoms with E-state index in [0.29, 0.717) is 29.6 Å². The zero-order valence-electron chi connectivity index (χ0n) is 18.9. The summed E-state index contributed by atoms with van der Waals surface area (Å²) in [5, 5.41) is 16.1. The Bertz CT molecular complexity index is 1230. The van der Waals surface area contributed by atoms with E-state index in [1.54, 1.807) is 0 Å². The maximum absolute atomic E-state index is 10.7. The van der Waals surface area contributed by atoms with Gasteiger partial charge in [0.2, 0.25) is 0 Å².